The molecular weight excluding hydrogens is 324 g/mol. The number of phenolic OH excluding ortho intramolecular Hbond substituents is 2. The van der Waals surface area contributed by atoms with E-state index in [4.69, 9.17) is 4.42 Å². The zero-order chi connectivity index (χ0) is 18.0. The van der Waals surface area contributed by atoms with Gasteiger partial charge in [-0.15, -0.1) is 0 Å². The van der Waals surface area contributed by atoms with Crippen LogP contribution in [0.3, 0.4) is 0 Å². The smallest absolute Gasteiger partial charge is 0.271 e. The first-order valence-electron chi connectivity index (χ1n) is 7.32. The number of aromatic hydroxyl groups is 2. The highest BCUT2D eigenvalue weighted by Crippen LogP contribution is 2.20. The van der Waals surface area contributed by atoms with Crippen molar-refractivity contribution in [2.75, 3.05) is 0 Å². The zero-order valence-corrected chi connectivity index (χ0v) is 13.2. The fraction of sp³-hybridized carbons (Fsp3) is 0.0556. The number of carbonyl (C=O) groups excluding carboxylic acids is 1. The highest BCUT2D eigenvalue weighted by Gasteiger charge is 2.08. The lowest BCUT2D eigenvalue weighted by atomic mass is 10.1. The van der Waals surface area contributed by atoms with E-state index in [9.17, 15) is 19.8 Å². The van der Waals surface area contributed by atoms with Crippen molar-refractivity contribution in [2.24, 2.45) is 5.10 Å². The Hall–Kier alpha value is -3.61. The summed E-state index contributed by atoms with van der Waals surface area (Å²) in [4.78, 5) is 24.3. The van der Waals surface area contributed by atoms with Crippen LogP contribution in [0, 0.1) is 6.92 Å². The maximum Gasteiger partial charge on any atom is 0.271 e. The van der Waals surface area contributed by atoms with E-state index in [2.05, 4.69) is 10.5 Å². The van der Waals surface area contributed by atoms with Gasteiger partial charge in [-0.05, 0) is 31.2 Å². The number of nitrogens with one attached hydrogen (secondary N) is 1. The van der Waals surface area contributed by atoms with Crippen molar-refractivity contribution >= 4 is 23.1 Å². The van der Waals surface area contributed by atoms with E-state index in [0.29, 0.717) is 11.0 Å². The second kappa shape index (κ2) is 6.48. The molecule has 0 aliphatic rings. The van der Waals surface area contributed by atoms with E-state index >= 15 is 0 Å². The summed E-state index contributed by atoms with van der Waals surface area (Å²) in [7, 11) is 0. The van der Waals surface area contributed by atoms with E-state index in [1.165, 1.54) is 24.6 Å². The molecule has 0 bridgehead atoms. The average molecular weight is 338 g/mol. The number of rotatable bonds is 3. The highest BCUT2D eigenvalue weighted by molar-refractivity contribution is 5.95. The summed E-state index contributed by atoms with van der Waals surface area (Å²) in [5.74, 6) is -1.15. The molecule has 25 heavy (non-hydrogen) atoms. The Bertz CT molecular complexity index is 1030. The van der Waals surface area contributed by atoms with E-state index in [1.807, 2.05) is 13.0 Å². The molecule has 126 valence electrons. The number of amides is 1. The molecule has 2 aromatic carbocycles. The zero-order valence-electron chi connectivity index (χ0n) is 13.2. The van der Waals surface area contributed by atoms with Crippen LogP contribution >= 0.6 is 0 Å². The van der Waals surface area contributed by atoms with Crippen molar-refractivity contribution in [1.29, 1.82) is 0 Å². The Kier molecular flexibility index (Phi) is 4.21. The van der Waals surface area contributed by atoms with Crippen molar-refractivity contribution in [3.05, 3.63) is 69.6 Å². The quantitative estimate of drug-likeness (QED) is 0.501. The molecule has 0 aliphatic carbocycles. The third kappa shape index (κ3) is 3.50. The molecule has 1 amide bonds. The SMILES string of the molecule is Cc1ccc2occ(/C=N\NC(=O)c3cc(O)cc(O)c3)c(=O)c2c1. The molecule has 0 spiro atoms. The van der Waals surface area contributed by atoms with Crippen LogP contribution < -0.4 is 10.9 Å². The van der Waals surface area contributed by atoms with Gasteiger partial charge in [0, 0.05) is 11.6 Å². The largest absolute Gasteiger partial charge is 0.508 e. The molecule has 3 rings (SSSR count). The summed E-state index contributed by atoms with van der Waals surface area (Å²) in [5, 5.41) is 22.9. The number of hydrogen-bond acceptors (Lipinski definition) is 6. The van der Waals surface area contributed by atoms with Crippen molar-refractivity contribution in [3.63, 3.8) is 0 Å². The molecule has 3 N–H and O–H groups in total. The fourth-order valence-electron chi connectivity index (χ4n) is 2.30. The molecule has 7 nitrogen and oxygen atoms in total. The number of benzene rings is 2. The first-order chi connectivity index (χ1) is 11.9. The fourth-order valence-corrected chi connectivity index (χ4v) is 2.30. The minimum Gasteiger partial charge on any atom is -0.508 e. The predicted molar refractivity (Wildman–Crippen MR) is 92.1 cm³/mol. The highest BCUT2D eigenvalue weighted by atomic mass is 16.3. The summed E-state index contributed by atoms with van der Waals surface area (Å²) in [6.07, 6.45) is 2.43. The van der Waals surface area contributed by atoms with E-state index in [1.54, 1.807) is 12.1 Å². The molecule has 0 fully saturated rings. The monoisotopic (exact) mass is 338 g/mol. The first-order valence-corrected chi connectivity index (χ1v) is 7.32. The average Bonchev–Trinajstić information content (AvgIpc) is 2.56. The molecule has 0 atom stereocenters. The van der Waals surface area contributed by atoms with Gasteiger partial charge in [-0.25, -0.2) is 5.43 Å². The maximum absolute atomic E-state index is 12.4. The first kappa shape index (κ1) is 16.3. The third-order valence-corrected chi connectivity index (χ3v) is 3.49. The van der Waals surface area contributed by atoms with E-state index < -0.39 is 5.91 Å². The van der Waals surface area contributed by atoms with Crippen molar-refractivity contribution < 1.29 is 19.4 Å². The Morgan fingerprint density at radius 1 is 1.16 bits per heavy atom. The third-order valence-electron chi connectivity index (χ3n) is 3.49. The van der Waals surface area contributed by atoms with Crippen LogP contribution in [0.5, 0.6) is 11.5 Å². The van der Waals surface area contributed by atoms with E-state index in [-0.39, 0.29) is 28.1 Å². The minimum absolute atomic E-state index is 0.0239. The van der Waals surface area contributed by atoms with Gasteiger partial charge in [0.05, 0.1) is 17.2 Å². The molecule has 1 heterocycles. The molecule has 3 aromatic rings. The minimum atomic E-state index is -0.650. The van der Waals surface area contributed by atoms with Crippen LogP contribution in [0.25, 0.3) is 11.0 Å². The summed E-state index contributed by atoms with van der Waals surface area (Å²) in [6.45, 7) is 1.87. The summed E-state index contributed by atoms with van der Waals surface area (Å²) in [6, 6.07) is 8.72. The van der Waals surface area contributed by atoms with Gasteiger partial charge >= 0.3 is 0 Å². The number of carbonyl (C=O) groups is 1. The summed E-state index contributed by atoms with van der Waals surface area (Å²) < 4.78 is 5.38. The van der Waals surface area contributed by atoms with Crippen LogP contribution in [0.2, 0.25) is 0 Å². The van der Waals surface area contributed by atoms with Gasteiger partial charge in [0.1, 0.15) is 23.3 Å². The van der Waals surface area contributed by atoms with Crippen LogP contribution in [-0.2, 0) is 0 Å². The Morgan fingerprint density at radius 2 is 1.88 bits per heavy atom. The van der Waals surface area contributed by atoms with Crippen LogP contribution in [0.1, 0.15) is 21.5 Å². The van der Waals surface area contributed by atoms with Gasteiger partial charge in [-0.2, -0.15) is 5.10 Å². The van der Waals surface area contributed by atoms with Gasteiger partial charge in [0.2, 0.25) is 5.43 Å². The molecule has 7 heteroatoms. The van der Waals surface area contributed by atoms with Crippen molar-refractivity contribution in [1.82, 2.24) is 5.43 Å². The number of phenols is 2. The molecule has 0 saturated heterocycles. The lowest BCUT2D eigenvalue weighted by Crippen LogP contribution is -2.18. The topological polar surface area (TPSA) is 112 Å². The Morgan fingerprint density at radius 3 is 2.60 bits per heavy atom. The predicted octanol–water partition coefficient (Wildman–Crippen LogP) is 2.28. The normalized spacial score (nSPS) is 11.1. The molecule has 0 unspecified atom stereocenters. The lowest BCUT2D eigenvalue weighted by molar-refractivity contribution is 0.0954. The van der Waals surface area contributed by atoms with E-state index in [0.717, 1.165) is 11.6 Å². The summed E-state index contributed by atoms with van der Waals surface area (Å²) in [5.41, 5.74) is 3.54. The van der Waals surface area contributed by atoms with Gasteiger partial charge in [0.15, 0.2) is 0 Å². The van der Waals surface area contributed by atoms with Gasteiger partial charge in [0.25, 0.3) is 5.91 Å². The Labute approximate surface area is 141 Å². The standard InChI is InChI=1S/C18H14N2O5/c1-10-2-3-16-15(4-10)17(23)12(9-25-16)8-19-20-18(24)11-5-13(21)7-14(22)6-11/h2-9,21-22H,1H3,(H,20,24)/b19-8-. The Balaban J connectivity index is 1.82. The molecule has 1 aromatic heterocycles. The number of nitrogens with zero attached hydrogens (tertiary/aromatic N) is 1. The second-order valence-electron chi connectivity index (χ2n) is 5.46. The maximum atomic E-state index is 12.4. The second-order valence-corrected chi connectivity index (χ2v) is 5.46. The molecule has 0 aliphatic heterocycles. The van der Waals surface area contributed by atoms with Gasteiger partial charge < -0.3 is 14.6 Å². The molecule has 0 radical (unpaired) electrons. The van der Waals surface area contributed by atoms with Crippen LogP contribution in [-0.4, -0.2) is 22.3 Å². The summed E-state index contributed by atoms with van der Waals surface area (Å²) >= 11 is 0. The van der Waals surface area contributed by atoms with Crippen molar-refractivity contribution in [2.45, 2.75) is 6.92 Å². The van der Waals surface area contributed by atoms with Crippen LogP contribution in [0.15, 0.2) is 57.0 Å². The van der Waals surface area contributed by atoms with Crippen molar-refractivity contribution in [3.8, 4) is 11.5 Å². The van der Waals surface area contributed by atoms with Crippen LogP contribution in [0.4, 0.5) is 0 Å². The molecule has 0 saturated carbocycles. The number of aryl methyl sites for hydroxylation is 1. The lowest BCUT2D eigenvalue weighted by Gasteiger charge is -2.02. The number of fused-ring (bicyclic) bond motifs is 1. The molecular formula is C18H14N2O5. The number of hydrazone groups is 1. The van der Waals surface area contributed by atoms with Gasteiger partial charge in [-0.1, -0.05) is 11.6 Å². The number of hydrogen-bond donors (Lipinski definition) is 3. The van der Waals surface area contributed by atoms with Gasteiger partial charge in [-0.3, -0.25) is 9.59 Å².